The zero-order valence-corrected chi connectivity index (χ0v) is 94.4. The lowest BCUT2D eigenvalue weighted by atomic mass is 9.84. The first kappa shape index (κ1) is 121. The summed E-state index contributed by atoms with van der Waals surface area (Å²) in [5.74, 6) is 0.426. The van der Waals surface area contributed by atoms with Gasteiger partial charge in [0.05, 0.1) is 0 Å². The van der Waals surface area contributed by atoms with Crippen LogP contribution in [-0.2, 0) is 31.6 Å². The van der Waals surface area contributed by atoms with Crippen molar-refractivity contribution in [3.8, 4) is 11.1 Å². The van der Waals surface area contributed by atoms with Crippen molar-refractivity contribution in [2.45, 2.75) is 90.4 Å². The summed E-state index contributed by atoms with van der Waals surface area (Å²) in [4.78, 5) is 0. The number of fused-ring (bicyclic) bond motifs is 1. The van der Waals surface area contributed by atoms with Crippen LogP contribution in [-0.4, -0.2) is 39.9 Å². The first-order valence-corrected chi connectivity index (χ1v) is 70.2. The van der Waals surface area contributed by atoms with Gasteiger partial charge in [0.25, 0.3) is 0 Å². The predicted molar refractivity (Wildman–Crippen MR) is 564 cm³/mol. The SMILES string of the molecule is CN(Cc1ccccc1)P1(F)=NP(F)(F)=NP(F)(F)=N1.CN(c1ccc(-c2ccccc2)cc1)P1(F)=NP(F)(F)=NP(F)(F)=N1.CN(c1ccc(C(C)(C)C)cc1)P1(F)=NP(F)(F)=NP(F)(F)=N1.CN(c1ccc(C2CCCCC2)cc1)P1(F)=NP(F)(F)=NP(F)(F)=N1.CN(c1ccc2ccccc2c1)P1(F)=NP(F)(F)=NP(F)(F)=N1.FP1(NCc2ccccc2)=NP(F)(NCc2ccccc2)=NP(F)(NCc2ccccc2)=N1. The van der Waals surface area contributed by atoms with Crippen molar-refractivity contribution in [1.29, 1.82) is 0 Å². The summed E-state index contributed by atoms with van der Waals surface area (Å²) >= 11 is 0. The van der Waals surface area contributed by atoms with Crippen molar-refractivity contribution in [1.82, 2.24) is 19.9 Å². The molecule has 17 rings (SSSR count). The molecule has 72 heteroatoms. The summed E-state index contributed by atoms with van der Waals surface area (Å²) in [5, 5.41) is 9.27. The third-order valence-electron chi connectivity index (χ3n) is 21.1. The lowest BCUT2D eigenvalue weighted by molar-refractivity contribution is 0.443. The molecule has 1 aliphatic carbocycles. The summed E-state index contributed by atoms with van der Waals surface area (Å²) in [5.41, 5.74) is 7.06. The Morgan fingerprint density at radius 2 is 0.503 bits per heavy atom. The van der Waals surface area contributed by atoms with Crippen molar-refractivity contribution in [3.05, 3.63) is 300 Å². The molecule has 26 nitrogen and oxygen atoms in total. The number of benzene rings is 10. The van der Waals surface area contributed by atoms with Crippen LogP contribution in [0.25, 0.3) is 21.9 Å². The van der Waals surface area contributed by atoms with Gasteiger partial charge in [-0.2, -0.15) is 47.1 Å². The normalized spacial score (nSPS) is 26.2. The number of hydrogen-bond acceptors (Lipinski definition) is 26. The average molecular weight is 2470 g/mol. The summed E-state index contributed by atoms with van der Waals surface area (Å²) in [7, 11) is -89.0. The van der Waals surface area contributed by atoms with E-state index in [0.717, 1.165) is 110 Å². The second kappa shape index (κ2) is 48.0. The summed E-state index contributed by atoms with van der Waals surface area (Å²) < 4.78 is 439. The molecule has 10 aromatic carbocycles. The lowest BCUT2D eigenvalue weighted by Crippen LogP contribution is -2.14. The summed E-state index contributed by atoms with van der Waals surface area (Å²) in [6, 6.07) is 75.5. The average Bonchev–Trinajstić information content (AvgIpc) is 0.770. The molecular formula is C77H90F28N26P18. The van der Waals surface area contributed by atoms with E-state index in [1.54, 1.807) is 176 Å². The zero-order valence-electron chi connectivity index (χ0n) is 78.3. The van der Waals surface area contributed by atoms with Gasteiger partial charge in [-0.1, -0.05) is 258 Å². The van der Waals surface area contributed by atoms with E-state index in [9.17, 15) is 105 Å². The first-order valence-electron chi connectivity index (χ1n) is 43.0. The Hall–Kier alpha value is -6.32. The number of hydrogen-bond donors (Lipinski definition) is 3. The van der Waals surface area contributed by atoms with E-state index >= 15 is 12.6 Å². The molecule has 1 fully saturated rings. The van der Waals surface area contributed by atoms with Gasteiger partial charge in [-0.25, -0.2) is 19.9 Å². The third kappa shape index (κ3) is 34.8. The van der Waals surface area contributed by atoms with Crippen LogP contribution in [0.3, 0.4) is 0 Å². The Bertz CT molecular complexity index is 7480. The molecule has 814 valence electrons. The van der Waals surface area contributed by atoms with Crippen LogP contribution in [0.5, 0.6) is 0 Å². The van der Waals surface area contributed by atoms with Crippen molar-refractivity contribution in [3.63, 3.8) is 0 Å². The highest BCUT2D eigenvalue weighted by atomic mass is 31.3. The molecule has 1 saturated carbocycles. The van der Waals surface area contributed by atoms with E-state index in [4.69, 9.17) is 0 Å². The number of anilines is 4. The van der Waals surface area contributed by atoms with Crippen LogP contribution >= 0.6 is 140 Å². The highest BCUT2D eigenvalue weighted by molar-refractivity contribution is 7.83. The Morgan fingerprint density at radius 3 is 0.826 bits per heavy atom. The molecule has 10 aromatic rings. The summed E-state index contributed by atoms with van der Waals surface area (Å²) in [6.45, 7) is 5.88. The molecule has 0 amide bonds. The molecule has 0 saturated heterocycles. The third-order valence-corrected chi connectivity index (χ3v) is 59.8. The number of rotatable bonds is 22. The second-order valence-corrected chi connectivity index (χ2v) is 67.4. The van der Waals surface area contributed by atoms with E-state index < -0.39 is 140 Å². The van der Waals surface area contributed by atoms with Crippen molar-refractivity contribution >= 4 is 173 Å². The molecule has 0 aromatic heterocycles. The van der Waals surface area contributed by atoms with Gasteiger partial charge in [0.15, 0.2) is 0 Å². The van der Waals surface area contributed by atoms with Gasteiger partial charge in [-0.05, 0) is 135 Å². The van der Waals surface area contributed by atoms with E-state index in [0.29, 0.717) is 35.5 Å². The molecule has 0 bridgehead atoms. The van der Waals surface area contributed by atoms with E-state index in [1.165, 1.54) is 42.8 Å². The van der Waals surface area contributed by atoms with Gasteiger partial charge in [0.1, 0.15) is 0 Å². The Labute approximate surface area is 842 Å². The van der Waals surface area contributed by atoms with Gasteiger partial charge in [0, 0.05) is 77.1 Å². The maximum absolute atomic E-state index is 15.8. The highest BCUT2D eigenvalue weighted by Gasteiger charge is 2.48. The molecule has 6 aliphatic heterocycles. The maximum atomic E-state index is 15.8. The molecule has 149 heavy (non-hydrogen) atoms. The zero-order chi connectivity index (χ0) is 109. The smallest absolute Gasteiger partial charge is 0.299 e. The molecule has 5 atom stereocenters. The number of nitrogens with one attached hydrogen (secondary N) is 3. The van der Waals surface area contributed by atoms with E-state index in [2.05, 4.69) is 87.5 Å². The van der Waals surface area contributed by atoms with Crippen LogP contribution in [0.15, 0.2) is 348 Å². The fourth-order valence-electron chi connectivity index (χ4n) is 14.0. The fourth-order valence-corrected chi connectivity index (χ4v) is 51.9. The number of halogens is 28. The van der Waals surface area contributed by atoms with Crippen LogP contribution in [0.2, 0.25) is 0 Å². The topological polar surface area (TPSA) is 275 Å². The molecule has 5 unspecified atom stereocenters. The van der Waals surface area contributed by atoms with Crippen LogP contribution in [0.4, 0.5) is 140 Å². The van der Waals surface area contributed by atoms with Crippen LogP contribution < -0.4 is 33.9 Å². The summed E-state index contributed by atoms with van der Waals surface area (Å²) in [6.07, 6.45) is 5.69. The molecule has 6 heterocycles. The van der Waals surface area contributed by atoms with Crippen molar-refractivity contribution < 1.29 is 118 Å². The highest BCUT2D eigenvalue weighted by Crippen LogP contribution is 2.88. The molecule has 0 spiro atoms. The second-order valence-electron chi connectivity index (χ2n) is 33.2. The predicted octanol–water partition coefficient (Wildman–Crippen LogP) is 48.4. The van der Waals surface area contributed by atoms with Crippen LogP contribution in [0.1, 0.15) is 92.2 Å². The van der Waals surface area contributed by atoms with Gasteiger partial charge in [-0.15, -0.1) is 152 Å². The van der Waals surface area contributed by atoms with Gasteiger partial charge in [-0.3, -0.25) is 18.7 Å². The minimum absolute atomic E-state index is 0.0372. The molecule has 7 aliphatic rings. The van der Waals surface area contributed by atoms with E-state index in [-0.39, 0.29) is 54.3 Å². The monoisotopic (exact) mass is 2470 g/mol. The minimum atomic E-state index is -5.72. The number of nitrogens with zero attached hydrogens (tertiary/aromatic N) is 23. The van der Waals surface area contributed by atoms with Gasteiger partial charge < -0.3 is 0 Å². The Balaban J connectivity index is 0.000000160. The maximum Gasteiger partial charge on any atom is 0.424 e. The Kier molecular flexibility index (Phi) is 39.1. The molecular weight excluding hydrogens is 2380 g/mol. The minimum Gasteiger partial charge on any atom is -0.299 e. The molecule has 0 radical (unpaired) electrons. The van der Waals surface area contributed by atoms with Gasteiger partial charge in [0.2, 0.25) is 0 Å². The quantitative estimate of drug-likeness (QED) is 0.0432. The standard InChI is InChI=1S/C21H24F3N6P3.C13H18F5N4P3.C13H12F5N4P3.C11H10F5N4P3.C11H16F5N4P3.C8H10F5N4P3/c22-31(25-16-19-10-4-1-5-11-19)28-32(23,26-17-20-12-6-2-7-13-20)30-33(24,29-31)27-18-21-14-8-3-9-15-21;2*1-22(25(18)20-23(14,15)19-24(16,17)21-25)13-9-7-12(8-10-13)11-5-3-2-4-6-11;1-20(11-7-6-9-4-2-3-5-10(9)8-11)23(16)18-21(12,13)17-22(14,15)19-23;1-11(2,3)9-5-7-10(8-6-9)20(4)23(16)18-21(12,13)17-22(14,15)19-23;1-17(7-8-5-3-2-4-6-8)20(13)15-18(9,10)14-19(11,12)16-20/h1-15,25-27H,16-18H2;7-11H,2-6H2,1H3;2-10H,1H3;2-8H,1H3;5-8H,1-4H3;2-6H,7H2,1H3. The van der Waals surface area contributed by atoms with Crippen molar-refractivity contribution in [2.24, 2.45) is 81.3 Å². The lowest BCUT2D eigenvalue weighted by Gasteiger charge is -2.27. The van der Waals surface area contributed by atoms with E-state index in [1.807, 2.05) is 84.4 Å². The Morgan fingerprint density at radius 1 is 0.248 bits per heavy atom. The largest absolute Gasteiger partial charge is 0.424 e. The van der Waals surface area contributed by atoms with Crippen LogP contribution in [0, 0.1) is 0 Å². The van der Waals surface area contributed by atoms with Gasteiger partial charge >= 0.3 is 140 Å². The molecule has 3 N–H and O–H groups in total. The van der Waals surface area contributed by atoms with Crippen molar-refractivity contribution in [2.75, 3.05) is 53.9 Å². The first-order chi connectivity index (χ1) is 69.0. The fraction of sp³-hybridized carbons (Fsp3) is 0.247.